The average Bonchev–Trinajstić information content (AvgIpc) is 2.53. The van der Waals surface area contributed by atoms with Crippen LogP contribution in [-0.4, -0.2) is 55.7 Å². The molecule has 5 heteroatoms. The van der Waals surface area contributed by atoms with E-state index < -0.39 is 0 Å². The molecular formula is C16H31N3O2. The standard InChI is InChI=1S/C16H31N3O2/c1-16(2,19-7-9-21-10-8-19)12-18-15(20)14-5-3-13(11-17)4-6-14/h13-14H,3-12,17H2,1-2H3,(H,18,20). The minimum atomic E-state index is -0.00605. The predicted molar refractivity (Wildman–Crippen MR) is 84.0 cm³/mol. The predicted octanol–water partition coefficient (Wildman–Crippen LogP) is 0.979. The maximum atomic E-state index is 12.3. The van der Waals surface area contributed by atoms with Crippen molar-refractivity contribution < 1.29 is 9.53 Å². The Balaban J connectivity index is 1.75. The lowest BCUT2D eigenvalue weighted by atomic mass is 9.81. The molecule has 1 aliphatic heterocycles. The zero-order chi connectivity index (χ0) is 15.3. The third kappa shape index (κ3) is 4.66. The average molecular weight is 297 g/mol. The van der Waals surface area contributed by atoms with E-state index in [0.717, 1.165) is 58.5 Å². The lowest BCUT2D eigenvalue weighted by molar-refractivity contribution is -0.127. The number of rotatable bonds is 5. The highest BCUT2D eigenvalue weighted by atomic mass is 16.5. The highest BCUT2D eigenvalue weighted by Gasteiger charge is 2.30. The van der Waals surface area contributed by atoms with Gasteiger partial charge >= 0.3 is 0 Å². The Bertz CT molecular complexity index is 332. The van der Waals surface area contributed by atoms with E-state index >= 15 is 0 Å². The van der Waals surface area contributed by atoms with Gasteiger partial charge in [-0.05, 0) is 52.0 Å². The van der Waals surface area contributed by atoms with Crippen LogP contribution in [0.5, 0.6) is 0 Å². The molecular weight excluding hydrogens is 266 g/mol. The summed E-state index contributed by atoms with van der Waals surface area (Å²) < 4.78 is 5.40. The van der Waals surface area contributed by atoms with E-state index in [4.69, 9.17) is 10.5 Å². The normalized spacial score (nSPS) is 28.3. The Morgan fingerprint density at radius 2 is 1.86 bits per heavy atom. The summed E-state index contributed by atoms with van der Waals surface area (Å²) in [6.45, 7) is 9.35. The van der Waals surface area contributed by atoms with Crippen LogP contribution in [0.25, 0.3) is 0 Å². The fourth-order valence-electron chi connectivity index (χ4n) is 3.39. The summed E-state index contributed by atoms with van der Waals surface area (Å²) in [6, 6.07) is 0. The molecule has 2 rings (SSSR count). The topological polar surface area (TPSA) is 67.6 Å². The van der Waals surface area contributed by atoms with Crippen LogP contribution in [-0.2, 0) is 9.53 Å². The Kier molecular flexibility index (Phi) is 6.02. The van der Waals surface area contributed by atoms with Gasteiger partial charge < -0.3 is 15.8 Å². The number of carbonyl (C=O) groups is 1. The van der Waals surface area contributed by atoms with Crippen molar-refractivity contribution in [3.63, 3.8) is 0 Å². The second-order valence-corrected chi connectivity index (χ2v) is 7.08. The molecule has 0 bridgehead atoms. The summed E-state index contributed by atoms with van der Waals surface area (Å²) in [6.07, 6.45) is 4.18. The maximum Gasteiger partial charge on any atom is 0.223 e. The summed E-state index contributed by atoms with van der Waals surface area (Å²) in [5, 5.41) is 3.17. The third-order valence-electron chi connectivity index (χ3n) is 5.11. The minimum Gasteiger partial charge on any atom is -0.379 e. The lowest BCUT2D eigenvalue weighted by Gasteiger charge is -2.41. The number of ether oxygens (including phenoxy) is 1. The van der Waals surface area contributed by atoms with Gasteiger partial charge in [-0.3, -0.25) is 9.69 Å². The molecule has 0 atom stereocenters. The number of amides is 1. The maximum absolute atomic E-state index is 12.3. The molecule has 0 aromatic carbocycles. The first-order chi connectivity index (χ1) is 10.0. The fraction of sp³-hybridized carbons (Fsp3) is 0.938. The molecule has 0 spiro atoms. The summed E-state index contributed by atoms with van der Waals surface area (Å²) in [7, 11) is 0. The first kappa shape index (κ1) is 16.7. The highest BCUT2D eigenvalue weighted by Crippen LogP contribution is 2.28. The van der Waals surface area contributed by atoms with Gasteiger partial charge in [0.2, 0.25) is 5.91 Å². The molecule has 5 nitrogen and oxygen atoms in total. The van der Waals surface area contributed by atoms with Gasteiger partial charge in [-0.1, -0.05) is 0 Å². The van der Waals surface area contributed by atoms with Crippen LogP contribution in [0.4, 0.5) is 0 Å². The molecule has 0 radical (unpaired) electrons. The molecule has 2 fully saturated rings. The van der Waals surface area contributed by atoms with E-state index in [1.807, 2.05) is 0 Å². The monoisotopic (exact) mass is 297 g/mol. The molecule has 0 unspecified atom stereocenters. The highest BCUT2D eigenvalue weighted by molar-refractivity contribution is 5.78. The molecule has 3 N–H and O–H groups in total. The van der Waals surface area contributed by atoms with E-state index in [-0.39, 0.29) is 17.4 Å². The first-order valence-electron chi connectivity index (χ1n) is 8.33. The van der Waals surface area contributed by atoms with Crippen molar-refractivity contribution in [1.29, 1.82) is 0 Å². The fourth-order valence-corrected chi connectivity index (χ4v) is 3.39. The van der Waals surface area contributed by atoms with Gasteiger partial charge in [0.05, 0.1) is 13.2 Å². The number of nitrogens with one attached hydrogen (secondary N) is 1. The number of hydrogen-bond acceptors (Lipinski definition) is 4. The number of nitrogens with zero attached hydrogens (tertiary/aromatic N) is 1. The van der Waals surface area contributed by atoms with Crippen LogP contribution in [0.1, 0.15) is 39.5 Å². The molecule has 1 aliphatic carbocycles. The Hall–Kier alpha value is -0.650. The van der Waals surface area contributed by atoms with Gasteiger partial charge in [0.15, 0.2) is 0 Å². The van der Waals surface area contributed by atoms with Crippen molar-refractivity contribution in [3.05, 3.63) is 0 Å². The minimum absolute atomic E-state index is 0.00605. The SMILES string of the molecule is CC(C)(CNC(=O)C1CCC(CN)CC1)N1CCOCC1. The molecule has 0 aromatic rings. The van der Waals surface area contributed by atoms with E-state index in [9.17, 15) is 4.79 Å². The van der Waals surface area contributed by atoms with Gasteiger partial charge in [0, 0.05) is 31.1 Å². The Morgan fingerprint density at radius 1 is 1.24 bits per heavy atom. The number of nitrogens with two attached hydrogens (primary N) is 1. The molecule has 0 aromatic heterocycles. The molecule has 21 heavy (non-hydrogen) atoms. The Morgan fingerprint density at radius 3 is 2.43 bits per heavy atom. The van der Waals surface area contributed by atoms with Gasteiger partial charge in [-0.2, -0.15) is 0 Å². The van der Waals surface area contributed by atoms with Crippen LogP contribution in [0.3, 0.4) is 0 Å². The Labute approximate surface area is 128 Å². The number of morpholine rings is 1. The van der Waals surface area contributed by atoms with Crippen molar-refractivity contribution in [2.45, 2.75) is 45.1 Å². The van der Waals surface area contributed by atoms with Crippen molar-refractivity contribution in [2.24, 2.45) is 17.6 Å². The van der Waals surface area contributed by atoms with Gasteiger partial charge in [-0.15, -0.1) is 0 Å². The quantitative estimate of drug-likeness (QED) is 0.794. The van der Waals surface area contributed by atoms with Crippen LogP contribution in [0, 0.1) is 11.8 Å². The largest absolute Gasteiger partial charge is 0.379 e. The molecule has 1 heterocycles. The summed E-state index contributed by atoms with van der Waals surface area (Å²) >= 11 is 0. The summed E-state index contributed by atoms with van der Waals surface area (Å²) in [5.74, 6) is 1.04. The van der Waals surface area contributed by atoms with Crippen molar-refractivity contribution in [3.8, 4) is 0 Å². The van der Waals surface area contributed by atoms with E-state index in [1.165, 1.54) is 0 Å². The first-order valence-corrected chi connectivity index (χ1v) is 8.33. The smallest absolute Gasteiger partial charge is 0.223 e. The van der Waals surface area contributed by atoms with Crippen LogP contribution >= 0.6 is 0 Å². The van der Waals surface area contributed by atoms with E-state index in [2.05, 4.69) is 24.1 Å². The van der Waals surface area contributed by atoms with Crippen molar-refractivity contribution in [2.75, 3.05) is 39.4 Å². The molecule has 122 valence electrons. The molecule has 1 saturated heterocycles. The summed E-state index contributed by atoms with van der Waals surface area (Å²) in [4.78, 5) is 14.7. The second-order valence-electron chi connectivity index (χ2n) is 7.08. The summed E-state index contributed by atoms with van der Waals surface area (Å²) in [5.41, 5.74) is 5.70. The lowest BCUT2D eigenvalue weighted by Crippen LogP contribution is -2.55. The number of hydrogen-bond donors (Lipinski definition) is 2. The molecule has 2 aliphatic rings. The van der Waals surface area contributed by atoms with Gasteiger partial charge in [0.1, 0.15) is 0 Å². The van der Waals surface area contributed by atoms with Gasteiger partial charge in [0.25, 0.3) is 0 Å². The van der Waals surface area contributed by atoms with E-state index in [0.29, 0.717) is 12.5 Å². The van der Waals surface area contributed by atoms with Crippen molar-refractivity contribution in [1.82, 2.24) is 10.2 Å². The third-order valence-corrected chi connectivity index (χ3v) is 5.11. The van der Waals surface area contributed by atoms with Crippen molar-refractivity contribution >= 4 is 5.91 Å². The number of carbonyl (C=O) groups excluding carboxylic acids is 1. The van der Waals surface area contributed by atoms with Crippen LogP contribution in [0.2, 0.25) is 0 Å². The zero-order valence-corrected chi connectivity index (χ0v) is 13.6. The van der Waals surface area contributed by atoms with Crippen LogP contribution < -0.4 is 11.1 Å². The van der Waals surface area contributed by atoms with Crippen LogP contribution in [0.15, 0.2) is 0 Å². The molecule has 1 amide bonds. The van der Waals surface area contributed by atoms with E-state index in [1.54, 1.807) is 0 Å². The zero-order valence-electron chi connectivity index (χ0n) is 13.6. The second kappa shape index (κ2) is 7.56. The molecule has 1 saturated carbocycles. The van der Waals surface area contributed by atoms with Gasteiger partial charge in [-0.25, -0.2) is 0 Å².